The quantitative estimate of drug-likeness (QED) is 0.289. The molecule has 2 atom stereocenters. The van der Waals surface area contributed by atoms with Crippen LogP contribution in [-0.4, -0.2) is 41.6 Å². The monoisotopic (exact) mass is 641 g/mol. The van der Waals surface area contributed by atoms with Crippen molar-refractivity contribution in [3.05, 3.63) is 63.9 Å². The second kappa shape index (κ2) is 11.9. The van der Waals surface area contributed by atoms with Crippen LogP contribution < -0.4 is 9.84 Å². The number of hydrogen-bond donors (Lipinski definition) is 0. The predicted molar refractivity (Wildman–Crippen MR) is 150 cm³/mol. The Morgan fingerprint density at radius 2 is 1.69 bits per heavy atom. The average molecular weight is 642 g/mol. The molecule has 1 aliphatic carbocycles. The van der Waals surface area contributed by atoms with Gasteiger partial charge in [0.1, 0.15) is 6.10 Å². The molecule has 0 N–H and O–H groups in total. The summed E-state index contributed by atoms with van der Waals surface area (Å²) in [5.74, 6) is -0.936. The molecule has 0 bridgehead atoms. The van der Waals surface area contributed by atoms with Gasteiger partial charge in [-0.2, -0.15) is 26.3 Å². The molecule has 2 aromatic rings. The lowest BCUT2D eigenvalue weighted by Crippen LogP contribution is -2.39. The first kappa shape index (κ1) is 34.1. The number of alkyl halides is 6. The molecule has 4 rings (SSSR count). The van der Waals surface area contributed by atoms with Crippen molar-refractivity contribution in [2.24, 2.45) is 10.8 Å². The van der Waals surface area contributed by atoms with E-state index in [0.717, 1.165) is 17.6 Å². The van der Waals surface area contributed by atoms with Crippen molar-refractivity contribution in [1.29, 1.82) is 0 Å². The van der Waals surface area contributed by atoms with Crippen molar-refractivity contribution < 1.29 is 50.5 Å². The molecule has 0 unspecified atom stereocenters. The molecule has 1 aliphatic heterocycles. The van der Waals surface area contributed by atoms with Crippen LogP contribution in [0.25, 0.3) is 5.57 Å². The second-order valence-electron chi connectivity index (χ2n) is 13.2. The van der Waals surface area contributed by atoms with Gasteiger partial charge in [0, 0.05) is 29.7 Å². The Hall–Kier alpha value is -3.77. The van der Waals surface area contributed by atoms with Crippen molar-refractivity contribution >= 4 is 17.6 Å². The summed E-state index contributed by atoms with van der Waals surface area (Å²) in [6.45, 7) is 8.69. The number of amides is 1. The first-order valence-corrected chi connectivity index (χ1v) is 14.4. The normalized spacial score (nSPS) is 20.8. The van der Waals surface area contributed by atoms with Gasteiger partial charge in [-0.3, -0.25) is 4.90 Å². The lowest BCUT2D eigenvalue weighted by Gasteiger charge is -2.36. The molecular formula is C32H35F6N2O5-. The molecule has 1 aromatic carbocycles. The number of benzene rings is 1. The number of carbonyl (C=O) groups is 2. The van der Waals surface area contributed by atoms with Crippen LogP contribution in [0.2, 0.25) is 0 Å². The fourth-order valence-electron chi connectivity index (χ4n) is 5.95. The van der Waals surface area contributed by atoms with Crippen LogP contribution in [0, 0.1) is 10.8 Å². The molecule has 1 aromatic heterocycles. The first-order valence-electron chi connectivity index (χ1n) is 14.4. The number of carboxylic acid groups (broad SMARTS) is 1. The molecule has 13 heteroatoms. The predicted octanol–water partition coefficient (Wildman–Crippen LogP) is 6.99. The Morgan fingerprint density at radius 1 is 1.09 bits per heavy atom. The summed E-state index contributed by atoms with van der Waals surface area (Å²) in [5, 5.41) is 11.7. The van der Waals surface area contributed by atoms with Crippen LogP contribution in [0.15, 0.2) is 36.0 Å². The molecule has 1 amide bonds. The number of aliphatic carboxylic acids is 1. The number of nitrogens with zero attached hydrogens (tertiary/aromatic N) is 2. The molecule has 45 heavy (non-hydrogen) atoms. The van der Waals surface area contributed by atoms with Gasteiger partial charge in [0.05, 0.1) is 24.3 Å². The van der Waals surface area contributed by atoms with E-state index in [2.05, 4.69) is 4.98 Å². The van der Waals surface area contributed by atoms with Crippen LogP contribution in [0.4, 0.5) is 31.1 Å². The van der Waals surface area contributed by atoms with Gasteiger partial charge in [0.15, 0.2) is 0 Å². The van der Waals surface area contributed by atoms with Gasteiger partial charge < -0.3 is 19.4 Å². The molecule has 246 valence electrons. The van der Waals surface area contributed by atoms with Crippen LogP contribution in [-0.2, 0) is 28.3 Å². The number of methoxy groups -OCH3 is 1. The maximum Gasteiger partial charge on any atom is 0.416 e. The maximum atomic E-state index is 13.5. The van der Waals surface area contributed by atoms with E-state index in [1.165, 1.54) is 25.1 Å². The third-order valence-corrected chi connectivity index (χ3v) is 8.49. The van der Waals surface area contributed by atoms with E-state index in [0.29, 0.717) is 36.1 Å². The van der Waals surface area contributed by atoms with Gasteiger partial charge in [0.2, 0.25) is 5.88 Å². The summed E-state index contributed by atoms with van der Waals surface area (Å²) >= 11 is 0. The largest absolute Gasteiger partial charge is 0.550 e. The van der Waals surface area contributed by atoms with Crippen molar-refractivity contribution in [2.45, 2.75) is 84.8 Å². The number of cyclic esters (lactones) is 1. The first-order chi connectivity index (χ1) is 20.6. The summed E-state index contributed by atoms with van der Waals surface area (Å²) in [5.41, 5.74) is -1.92. The summed E-state index contributed by atoms with van der Waals surface area (Å²) in [6, 6.07) is 2.08. The van der Waals surface area contributed by atoms with Crippen molar-refractivity contribution in [3.8, 4) is 5.88 Å². The van der Waals surface area contributed by atoms with Crippen molar-refractivity contribution in [2.75, 3.05) is 13.7 Å². The second-order valence-corrected chi connectivity index (χ2v) is 13.2. The Balaban J connectivity index is 1.75. The van der Waals surface area contributed by atoms with E-state index >= 15 is 0 Å². The number of aromatic nitrogens is 1. The summed E-state index contributed by atoms with van der Waals surface area (Å²) in [6.07, 6.45) is -8.87. The van der Waals surface area contributed by atoms with Crippen LogP contribution in [0.5, 0.6) is 5.88 Å². The molecule has 0 radical (unpaired) electrons. The zero-order valence-electron chi connectivity index (χ0n) is 25.8. The fourth-order valence-corrected chi connectivity index (χ4v) is 5.95. The number of halogens is 6. The Bertz CT molecular complexity index is 1480. The third-order valence-electron chi connectivity index (χ3n) is 8.49. The van der Waals surface area contributed by atoms with E-state index < -0.39 is 58.7 Å². The van der Waals surface area contributed by atoms with E-state index in [-0.39, 0.29) is 30.3 Å². The minimum absolute atomic E-state index is 0.00171. The SMILES string of the molecule is COc1ncc(CC(C)(C)C(=O)[O-])cc1C1=C(CN2C(=O)O[C@H](c3cc(C(F)(F)F)cc(C(F)(F)F)c3)[C@@H]2C)CC(C)(C)CC1. The summed E-state index contributed by atoms with van der Waals surface area (Å²) < 4.78 is 92.2. The fraction of sp³-hybridized carbons (Fsp3) is 0.531. The van der Waals surface area contributed by atoms with Gasteiger partial charge in [-0.1, -0.05) is 27.7 Å². The Labute approximate surface area is 257 Å². The topological polar surface area (TPSA) is 91.8 Å². The van der Waals surface area contributed by atoms with E-state index in [1.807, 2.05) is 13.8 Å². The molecular weight excluding hydrogens is 606 g/mol. The molecule has 1 saturated heterocycles. The minimum Gasteiger partial charge on any atom is -0.550 e. The minimum atomic E-state index is -5.05. The highest BCUT2D eigenvalue weighted by Gasteiger charge is 2.44. The number of rotatable bonds is 8. The van der Waals surface area contributed by atoms with E-state index in [4.69, 9.17) is 9.47 Å². The van der Waals surface area contributed by atoms with Crippen molar-refractivity contribution in [1.82, 2.24) is 9.88 Å². The molecule has 2 aliphatic rings. The Morgan fingerprint density at radius 3 is 2.22 bits per heavy atom. The smallest absolute Gasteiger partial charge is 0.416 e. The zero-order valence-corrected chi connectivity index (χ0v) is 25.8. The maximum absolute atomic E-state index is 13.5. The number of allylic oxidation sites excluding steroid dienone is 1. The number of carboxylic acids is 1. The number of pyridine rings is 1. The van der Waals surface area contributed by atoms with E-state index in [9.17, 15) is 41.0 Å². The van der Waals surface area contributed by atoms with Gasteiger partial charge in [-0.15, -0.1) is 0 Å². The summed E-state index contributed by atoms with van der Waals surface area (Å²) in [7, 11) is 1.44. The lowest BCUT2D eigenvalue weighted by molar-refractivity contribution is -0.317. The molecule has 0 spiro atoms. The average Bonchev–Trinajstić information content (AvgIpc) is 3.19. The number of ether oxygens (including phenoxy) is 2. The molecule has 1 fully saturated rings. The van der Waals surface area contributed by atoms with Gasteiger partial charge >= 0.3 is 18.4 Å². The van der Waals surface area contributed by atoms with Crippen LogP contribution >= 0.6 is 0 Å². The highest BCUT2D eigenvalue weighted by molar-refractivity contribution is 5.77. The third kappa shape index (κ3) is 7.38. The highest BCUT2D eigenvalue weighted by atomic mass is 19.4. The van der Waals surface area contributed by atoms with Crippen LogP contribution in [0.3, 0.4) is 0 Å². The van der Waals surface area contributed by atoms with Crippen LogP contribution in [0.1, 0.15) is 87.8 Å². The van der Waals surface area contributed by atoms with Gasteiger partial charge in [-0.05, 0) is 84.6 Å². The van der Waals surface area contributed by atoms with Crippen molar-refractivity contribution in [3.63, 3.8) is 0 Å². The van der Waals surface area contributed by atoms with E-state index in [1.54, 1.807) is 19.9 Å². The number of hydrogen-bond acceptors (Lipinski definition) is 6. The molecule has 7 nitrogen and oxygen atoms in total. The molecule has 2 heterocycles. The van der Waals surface area contributed by atoms with Gasteiger partial charge in [-0.25, -0.2) is 9.78 Å². The lowest BCUT2D eigenvalue weighted by atomic mass is 9.72. The number of carbonyl (C=O) groups excluding carboxylic acids is 2. The summed E-state index contributed by atoms with van der Waals surface area (Å²) in [4.78, 5) is 30.5. The molecule has 0 saturated carbocycles. The van der Waals surface area contributed by atoms with Gasteiger partial charge in [0.25, 0.3) is 0 Å². The highest BCUT2D eigenvalue weighted by Crippen LogP contribution is 2.46. The Kier molecular flexibility index (Phi) is 9.00. The standard InChI is InChI=1S/C32H36F6N2O5/c1-17-25(19-10-21(31(33,34)35)12-22(11-19)32(36,37)38)45-28(43)40(17)16-20-14-29(2,3)8-7-23(20)24-9-18(15-39-26(24)44-6)13-30(4,5)27(41)42/h9-12,15,17,25H,7-8,13-14,16H2,1-6H3,(H,41,42)/p-1/t17-,25-/m0/s1. The zero-order chi connectivity index (χ0) is 33.7.